The topological polar surface area (TPSA) is 105 Å². The van der Waals surface area contributed by atoms with Crippen LogP contribution in [0, 0.1) is 10.1 Å². The number of nitrogens with one attached hydrogen (secondary N) is 2. The van der Waals surface area contributed by atoms with Gasteiger partial charge in [-0.25, -0.2) is 4.79 Å². The van der Waals surface area contributed by atoms with Gasteiger partial charge in [-0.15, -0.1) is 0 Å². The summed E-state index contributed by atoms with van der Waals surface area (Å²) < 4.78 is 0. The van der Waals surface area contributed by atoms with Crippen LogP contribution in [0.4, 0.5) is 21.9 Å². The molecule has 0 saturated heterocycles. The van der Waals surface area contributed by atoms with E-state index in [0.717, 1.165) is 6.41 Å². The number of benzene rings is 2. The molecule has 2 aromatic carbocycles. The number of rotatable bonds is 4. The number of carbonyl (C=O) groups excluding carboxylic acids is 2. The summed E-state index contributed by atoms with van der Waals surface area (Å²) in [5, 5.41) is 15.7. The summed E-state index contributed by atoms with van der Waals surface area (Å²) in [5.74, 6) is 0. The molecule has 24 heavy (non-hydrogen) atoms. The Labute approximate surface area is 139 Å². The first-order valence-corrected chi connectivity index (χ1v) is 6.91. The van der Waals surface area contributed by atoms with E-state index in [1.807, 2.05) is 18.2 Å². The maximum atomic E-state index is 11.6. The molecule has 0 heterocycles. The lowest BCUT2D eigenvalue weighted by Crippen LogP contribution is -2.19. The van der Waals surface area contributed by atoms with Gasteiger partial charge in [-0.3, -0.25) is 14.9 Å². The maximum absolute atomic E-state index is 11.6. The Morgan fingerprint density at radius 1 is 1.00 bits per heavy atom. The Bertz CT molecular complexity index is 672. The largest absolute Gasteiger partial charge is 0.351 e. The first-order valence-electron chi connectivity index (χ1n) is 6.91. The van der Waals surface area contributed by atoms with E-state index in [1.54, 1.807) is 26.2 Å². The van der Waals surface area contributed by atoms with Crippen LogP contribution in [0.25, 0.3) is 0 Å². The van der Waals surface area contributed by atoms with E-state index in [1.165, 1.54) is 29.2 Å². The standard InChI is InChI=1S/C13H11N3O3.C3H7NO/c17-13(14-10-4-2-1-3-5-10)15-11-6-8-12(9-7-11)16(18)19;1-4(2)3-5/h1-9H,(H2,14,15,17);3H,1-2H3. The molecular weight excluding hydrogens is 312 g/mol. The van der Waals surface area contributed by atoms with Crippen molar-refractivity contribution in [3.8, 4) is 0 Å². The van der Waals surface area contributed by atoms with Crippen LogP contribution in [0.2, 0.25) is 0 Å². The zero-order chi connectivity index (χ0) is 17.9. The van der Waals surface area contributed by atoms with Crippen LogP contribution in [0.1, 0.15) is 0 Å². The SMILES string of the molecule is CN(C)C=O.O=C(Nc1ccccc1)Nc1ccc([N+](=O)[O-])cc1. The van der Waals surface area contributed by atoms with Crippen LogP contribution in [-0.2, 0) is 4.79 Å². The molecule has 0 fully saturated rings. The van der Waals surface area contributed by atoms with Crippen molar-refractivity contribution in [2.45, 2.75) is 0 Å². The number of hydrogen-bond acceptors (Lipinski definition) is 4. The molecule has 2 aromatic rings. The van der Waals surface area contributed by atoms with Crippen molar-refractivity contribution in [3.63, 3.8) is 0 Å². The second-order valence-corrected chi connectivity index (χ2v) is 4.82. The lowest BCUT2D eigenvalue weighted by atomic mass is 10.3. The molecule has 8 heteroatoms. The summed E-state index contributed by atoms with van der Waals surface area (Å²) in [4.78, 5) is 32.5. The number of non-ortho nitro benzene ring substituents is 1. The van der Waals surface area contributed by atoms with Crippen LogP contribution in [0.3, 0.4) is 0 Å². The second kappa shape index (κ2) is 9.57. The quantitative estimate of drug-likeness (QED) is 0.511. The van der Waals surface area contributed by atoms with Gasteiger partial charge in [-0.1, -0.05) is 18.2 Å². The molecule has 2 N–H and O–H groups in total. The van der Waals surface area contributed by atoms with Gasteiger partial charge in [-0.05, 0) is 24.3 Å². The van der Waals surface area contributed by atoms with E-state index in [4.69, 9.17) is 0 Å². The number of amides is 3. The number of nitro benzene ring substituents is 1. The minimum atomic E-state index is -0.492. The highest BCUT2D eigenvalue weighted by atomic mass is 16.6. The van der Waals surface area contributed by atoms with E-state index >= 15 is 0 Å². The molecule has 8 nitrogen and oxygen atoms in total. The van der Waals surface area contributed by atoms with E-state index in [0.29, 0.717) is 11.4 Å². The molecule has 0 spiro atoms. The molecule has 0 aliphatic heterocycles. The van der Waals surface area contributed by atoms with Crippen LogP contribution in [0.15, 0.2) is 54.6 Å². The Balaban J connectivity index is 0.000000505. The van der Waals surface area contributed by atoms with Gasteiger partial charge in [-0.2, -0.15) is 0 Å². The van der Waals surface area contributed by atoms with Crippen molar-refractivity contribution in [2.75, 3.05) is 24.7 Å². The van der Waals surface area contributed by atoms with E-state index in [-0.39, 0.29) is 5.69 Å². The fourth-order valence-corrected chi connectivity index (χ4v) is 1.48. The van der Waals surface area contributed by atoms with Gasteiger partial charge in [0.25, 0.3) is 5.69 Å². The van der Waals surface area contributed by atoms with Gasteiger partial charge in [0.2, 0.25) is 6.41 Å². The van der Waals surface area contributed by atoms with Crippen molar-refractivity contribution < 1.29 is 14.5 Å². The molecular formula is C16H18N4O4. The van der Waals surface area contributed by atoms with Crippen LogP contribution in [0.5, 0.6) is 0 Å². The number of nitro groups is 1. The monoisotopic (exact) mass is 330 g/mol. The normalized spacial score (nSPS) is 9.08. The third kappa shape index (κ3) is 7.03. The Hall–Kier alpha value is -3.42. The van der Waals surface area contributed by atoms with Gasteiger partial charge >= 0.3 is 6.03 Å². The Kier molecular flexibility index (Phi) is 7.43. The molecule has 126 valence electrons. The predicted octanol–water partition coefficient (Wildman–Crippen LogP) is 2.94. The minimum Gasteiger partial charge on any atom is -0.351 e. The zero-order valence-corrected chi connectivity index (χ0v) is 13.3. The summed E-state index contributed by atoms with van der Waals surface area (Å²) in [6.07, 6.45) is 0.750. The average Bonchev–Trinajstić information content (AvgIpc) is 2.56. The number of anilines is 2. The molecule has 0 bridgehead atoms. The molecule has 0 aliphatic rings. The molecule has 0 aliphatic carbocycles. The molecule has 3 amide bonds. The molecule has 2 rings (SSSR count). The van der Waals surface area contributed by atoms with Gasteiger partial charge in [0.05, 0.1) is 4.92 Å². The van der Waals surface area contributed by atoms with Crippen molar-refractivity contribution in [3.05, 3.63) is 64.7 Å². The Morgan fingerprint density at radius 2 is 1.46 bits per heavy atom. The van der Waals surface area contributed by atoms with Crippen molar-refractivity contribution >= 4 is 29.5 Å². The van der Waals surface area contributed by atoms with E-state index < -0.39 is 11.0 Å². The number of urea groups is 1. The maximum Gasteiger partial charge on any atom is 0.323 e. The highest BCUT2D eigenvalue weighted by Crippen LogP contribution is 2.15. The van der Waals surface area contributed by atoms with E-state index in [2.05, 4.69) is 10.6 Å². The van der Waals surface area contributed by atoms with Crippen LogP contribution >= 0.6 is 0 Å². The summed E-state index contributed by atoms with van der Waals surface area (Å²) >= 11 is 0. The van der Waals surface area contributed by atoms with Gasteiger partial charge in [0.1, 0.15) is 0 Å². The van der Waals surface area contributed by atoms with E-state index in [9.17, 15) is 19.7 Å². The van der Waals surface area contributed by atoms with Crippen molar-refractivity contribution in [1.29, 1.82) is 0 Å². The number of hydrogen-bond donors (Lipinski definition) is 2. The first-order chi connectivity index (χ1) is 11.4. The van der Waals surface area contributed by atoms with Gasteiger partial charge in [0, 0.05) is 37.6 Å². The highest BCUT2D eigenvalue weighted by molar-refractivity contribution is 5.99. The predicted molar refractivity (Wildman–Crippen MR) is 91.9 cm³/mol. The van der Waals surface area contributed by atoms with Gasteiger partial charge in [0.15, 0.2) is 0 Å². The summed E-state index contributed by atoms with van der Waals surface area (Å²) in [6.45, 7) is 0. The zero-order valence-electron chi connectivity index (χ0n) is 13.3. The minimum absolute atomic E-state index is 0.0194. The average molecular weight is 330 g/mol. The Morgan fingerprint density at radius 3 is 1.88 bits per heavy atom. The third-order valence-electron chi connectivity index (χ3n) is 2.58. The fraction of sp³-hybridized carbons (Fsp3) is 0.125. The second-order valence-electron chi connectivity index (χ2n) is 4.82. The molecule has 0 atom stereocenters. The number of carbonyl (C=O) groups is 2. The van der Waals surface area contributed by atoms with Crippen LogP contribution in [-0.4, -0.2) is 36.4 Å². The lowest BCUT2D eigenvalue weighted by Gasteiger charge is -2.07. The molecule has 0 saturated carbocycles. The van der Waals surface area contributed by atoms with Crippen LogP contribution < -0.4 is 10.6 Å². The summed E-state index contributed by atoms with van der Waals surface area (Å²) in [7, 11) is 3.38. The molecule has 0 radical (unpaired) electrons. The van der Waals surface area contributed by atoms with Gasteiger partial charge < -0.3 is 15.5 Å². The van der Waals surface area contributed by atoms with Crippen molar-refractivity contribution in [1.82, 2.24) is 4.90 Å². The van der Waals surface area contributed by atoms with Crippen molar-refractivity contribution in [2.24, 2.45) is 0 Å². The summed E-state index contributed by atoms with van der Waals surface area (Å²) in [6, 6.07) is 14.2. The lowest BCUT2D eigenvalue weighted by molar-refractivity contribution is -0.384. The number of para-hydroxylation sites is 1. The fourth-order valence-electron chi connectivity index (χ4n) is 1.48. The number of nitrogens with zero attached hydrogens (tertiary/aromatic N) is 2. The highest BCUT2D eigenvalue weighted by Gasteiger charge is 2.06. The molecule has 0 unspecified atom stereocenters. The third-order valence-corrected chi connectivity index (χ3v) is 2.58. The first kappa shape index (κ1) is 18.6. The smallest absolute Gasteiger partial charge is 0.323 e. The summed E-state index contributed by atoms with van der Waals surface area (Å²) in [5.41, 5.74) is 1.13. The molecule has 0 aromatic heterocycles.